The van der Waals surface area contributed by atoms with Crippen molar-refractivity contribution in [1.82, 2.24) is 10.2 Å². The molecule has 0 spiro atoms. The number of aliphatic hydroxyl groups excluding tert-OH is 1. The Morgan fingerprint density at radius 1 is 1.14 bits per heavy atom. The molecule has 82 valence electrons. The van der Waals surface area contributed by atoms with E-state index in [2.05, 4.69) is 10.2 Å². The van der Waals surface area contributed by atoms with E-state index < -0.39 is 0 Å². The lowest BCUT2D eigenvalue weighted by atomic mass is 9.87. The summed E-state index contributed by atoms with van der Waals surface area (Å²) < 4.78 is 0. The van der Waals surface area contributed by atoms with Gasteiger partial charge in [0.25, 0.3) is 0 Å². The highest BCUT2D eigenvalue weighted by Gasteiger charge is 2.35. The number of likely N-dealkylation sites (tertiary alicyclic amines) is 1. The van der Waals surface area contributed by atoms with Crippen LogP contribution in [0.2, 0.25) is 0 Å². The summed E-state index contributed by atoms with van der Waals surface area (Å²) in [6.45, 7) is 2.39. The van der Waals surface area contributed by atoms with Crippen LogP contribution in [0, 0.1) is 0 Å². The fourth-order valence-corrected chi connectivity index (χ4v) is 2.94. The Bertz CT molecular complexity index is 180. The van der Waals surface area contributed by atoms with Crippen LogP contribution in [-0.2, 0) is 0 Å². The monoisotopic (exact) mass is 198 g/mol. The number of hydrogen-bond acceptors (Lipinski definition) is 3. The fraction of sp³-hybridized carbons (Fsp3) is 1.00. The summed E-state index contributed by atoms with van der Waals surface area (Å²) in [6.07, 6.45) is 6.03. The average Bonchev–Trinajstić information content (AvgIpc) is 2.71. The second-order valence-corrected chi connectivity index (χ2v) is 4.63. The van der Waals surface area contributed by atoms with Gasteiger partial charge in [-0.15, -0.1) is 0 Å². The SMILES string of the molecule is CN[C@@H]1CCC[C@@H](N2CCCC2)[C@@H]1O. The lowest BCUT2D eigenvalue weighted by Crippen LogP contribution is -2.54. The number of nitrogens with one attached hydrogen (secondary N) is 1. The molecule has 1 heterocycles. The van der Waals surface area contributed by atoms with Crippen LogP contribution in [0.1, 0.15) is 32.1 Å². The second-order valence-electron chi connectivity index (χ2n) is 4.63. The van der Waals surface area contributed by atoms with E-state index in [1.54, 1.807) is 0 Å². The highest BCUT2D eigenvalue weighted by atomic mass is 16.3. The van der Waals surface area contributed by atoms with Crippen molar-refractivity contribution in [1.29, 1.82) is 0 Å². The van der Waals surface area contributed by atoms with Gasteiger partial charge in [-0.25, -0.2) is 0 Å². The van der Waals surface area contributed by atoms with Crippen LogP contribution >= 0.6 is 0 Å². The highest BCUT2D eigenvalue weighted by molar-refractivity contribution is 4.92. The van der Waals surface area contributed by atoms with Crippen molar-refractivity contribution in [2.75, 3.05) is 20.1 Å². The predicted octanol–water partition coefficient (Wildman–Crippen LogP) is 0.584. The molecule has 1 saturated carbocycles. The Morgan fingerprint density at radius 2 is 1.86 bits per heavy atom. The van der Waals surface area contributed by atoms with Crippen LogP contribution in [0.25, 0.3) is 0 Å². The summed E-state index contributed by atoms with van der Waals surface area (Å²) in [4.78, 5) is 2.48. The van der Waals surface area contributed by atoms with Gasteiger partial charge in [0.15, 0.2) is 0 Å². The van der Waals surface area contributed by atoms with Crippen molar-refractivity contribution in [2.45, 2.75) is 50.3 Å². The van der Waals surface area contributed by atoms with Crippen LogP contribution in [0.5, 0.6) is 0 Å². The smallest absolute Gasteiger partial charge is 0.0847 e. The summed E-state index contributed by atoms with van der Waals surface area (Å²) in [5.41, 5.74) is 0. The molecule has 1 aliphatic carbocycles. The molecule has 0 aromatic heterocycles. The number of rotatable bonds is 2. The van der Waals surface area contributed by atoms with Gasteiger partial charge in [0.1, 0.15) is 0 Å². The highest BCUT2D eigenvalue weighted by Crippen LogP contribution is 2.26. The first kappa shape index (κ1) is 10.4. The third kappa shape index (κ3) is 1.95. The van der Waals surface area contributed by atoms with E-state index in [4.69, 9.17) is 0 Å². The number of hydrogen-bond donors (Lipinski definition) is 2. The minimum absolute atomic E-state index is 0.160. The molecule has 2 N–H and O–H groups in total. The lowest BCUT2D eigenvalue weighted by molar-refractivity contribution is 0.00872. The van der Waals surface area contributed by atoms with E-state index in [1.165, 1.54) is 38.8 Å². The van der Waals surface area contributed by atoms with E-state index >= 15 is 0 Å². The third-order valence-corrected chi connectivity index (χ3v) is 3.80. The maximum Gasteiger partial charge on any atom is 0.0847 e. The maximum absolute atomic E-state index is 10.2. The van der Waals surface area contributed by atoms with E-state index in [0.717, 1.165) is 6.42 Å². The van der Waals surface area contributed by atoms with Gasteiger partial charge in [-0.1, -0.05) is 6.42 Å². The summed E-state index contributed by atoms with van der Waals surface area (Å²) in [7, 11) is 1.96. The standard InChI is InChI=1S/C11H22N2O/c1-12-9-5-4-6-10(11(9)14)13-7-2-3-8-13/h9-12,14H,2-8H2,1H3/t9-,10-,11-/m1/s1. The maximum atomic E-state index is 10.2. The summed E-state index contributed by atoms with van der Waals surface area (Å²) >= 11 is 0. The third-order valence-electron chi connectivity index (χ3n) is 3.80. The van der Waals surface area contributed by atoms with Crippen LogP contribution in [0.4, 0.5) is 0 Å². The number of aliphatic hydroxyl groups is 1. The van der Waals surface area contributed by atoms with Crippen LogP contribution < -0.4 is 5.32 Å². The molecule has 1 saturated heterocycles. The van der Waals surface area contributed by atoms with Crippen molar-refractivity contribution in [2.24, 2.45) is 0 Å². The molecular formula is C11H22N2O. The quantitative estimate of drug-likeness (QED) is 0.681. The first-order valence-electron chi connectivity index (χ1n) is 5.92. The predicted molar refractivity (Wildman–Crippen MR) is 57.3 cm³/mol. The molecule has 0 aromatic rings. The molecule has 2 fully saturated rings. The van der Waals surface area contributed by atoms with Crippen LogP contribution in [-0.4, -0.2) is 48.3 Å². The van der Waals surface area contributed by atoms with Crippen LogP contribution in [0.3, 0.4) is 0 Å². The first-order chi connectivity index (χ1) is 6.83. The van der Waals surface area contributed by atoms with Gasteiger partial charge in [0, 0.05) is 12.1 Å². The van der Waals surface area contributed by atoms with E-state index in [-0.39, 0.29) is 6.10 Å². The van der Waals surface area contributed by atoms with E-state index in [9.17, 15) is 5.11 Å². The molecule has 3 nitrogen and oxygen atoms in total. The zero-order valence-electron chi connectivity index (χ0n) is 9.08. The van der Waals surface area contributed by atoms with Gasteiger partial charge in [-0.3, -0.25) is 4.90 Å². The zero-order valence-corrected chi connectivity index (χ0v) is 9.08. The molecule has 0 radical (unpaired) electrons. The molecule has 3 heteroatoms. The Hall–Kier alpha value is -0.120. The van der Waals surface area contributed by atoms with Crippen molar-refractivity contribution >= 4 is 0 Å². The molecule has 0 bridgehead atoms. The average molecular weight is 198 g/mol. The van der Waals surface area contributed by atoms with Crippen molar-refractivity contribution < 1.29 is 5.11 Å². The summed E-state index contributed by atoms with van der Waals surface area (Å²) in [5, 5.41) is 13.4. The molecule has 3 atom stereocenters. The Morgan fingerprint density at radius 3 is 2.50 bits per heavy atom. The van der Waals surface area contributed by atoms with Gasteiger partial charge in [0.05, 0.1) is 6.10 Å². The largest absolute Gasteiger partial charge is 0.390 e. The Labute approximate surface area is 86.5 Å². The van der Waals surface area contributed by atoms with Gasteiger partial charge in [-0.05, 0) is 45.8 Å². The van der Waals surface area contributed by atoms with Gasteiger partial charge < -0.3 is 10.4 Å². The number of likely N-dealkylation sites (N-methyl/N-ethyl adjacent to an activating group) is 1. The summed E-state index contributed by atoms with van der Waals surface area (Å²) in [5.74, 6) is 0. The second kappa shape index (κ2) is 4.60. The molecule has 0 aromatic carbocycles. The minimum atomic E-state index is -0.160. The lowest BCUT2D eigenvalue weighted by Gasteiger charge is -2.39. The van der Waals surface area contributed by atoms with Gasteiger partial charge in [-0.2, -0.15) is 0 Å². The normalized spacial score (nSPS) is 40.3. The molecule has 2 rings (SSSR count). The first-order valence-corrected chi connectivity index (χ1v) is 5.92. The topological polar surface area (TPSA) is 35.5 Å². The summed E-state index contributed by atoms with van der Waals surface area (Å²) in [6, 6.07) is 0.734. The Balaban J connectivity index is 1.95. The molecule has 0 amide bonds. The van der Waals surface area contributed by atoms with Gasteiger partial charge in [0.2, 0.25) is 0 Å². The molecular weight excluding hydrogens is 176 g/mol. The van der Waals surface area contributed by atoms with E-state index in [1.807, 2.05) is 7.05 Å². The fourth-order valence-electron chi connectivity index (χ4n) is 2.94. The zero-order chi connectivity index (χ0) is 9.97. The molecule has 0 unspecified atom stereocenters. The van der Waals surface area contributed by atoms with Crippen molar-refractivity contribution in [3.8, 4) is 0 Å². The van der Waals surface area contributed by atoms with Crippen molar-refractivity contribution in [3.05, 3.63) is 0 Å². The van der Waals surface area contributed by atoms with Crippen LogP contribution in [0.15, 0.2) is 0 Å². The van der Waals surface area contributed by atoms with Gasteiger partial charge >= 0.3 is 0 Å². The molecule has 1 aliphatic heterocycles. The Kier molecular flexibility index (Phi) is 3.42. The molecule has 2 aliphatic rings. The number of nitrogens with zero attached hydrogens (tertiary/aromatic N) is 1. The van der Waals surface area contributed by atoms with Crippen molar-refractivity contribution in [3.63, 3.8) is 0 Å². The molecule has 14 heavy (non-hydrogen) atoms. The van der Waals surface area contributed by atoms with E-state index in [0.29, 0.717) is 12.1 Å². The minimum Gasteiger partial charge on any atom is -0.390 e.